The Morgan fingerprint density at radius 1 is 0.682 bits per heavy atom. The number of alkyl halides is 3. The van der Waals surface area contributed by atoms with Gasteiger partial charge in [-0.3, -0.25) is 14.6 Å². The number of hydrogen-bond acceptors (Lipinski definition) is 5. The van der Waals surface area contributed by atoms with Crippen molar-refractivity contribution in [3.05, 3.63) is 107 Å². The second-order valence-electron chi connectivity index (χ2n) is 11.4. The van der Waals surface area contributed by atoms with E-state index in [1.165, 1.54) is 29.5 Å². The number of carbonyl (C=O) groups excluding carboxylic acids is 1. The van der Waals surface area contributed by atoms with Crippen LogP contribution in [0.1, 0.15) is 52.7 Å². The van der Waals surface area contributed by atoms with Gasteiger partial charge >= 0.3 is 12.1 Å². The normalized spacial score (nSPS) is 17.0. The van der Waals surface area contributed by atoms with E-state index >= 15 is 0 Å². The van der Waals surface area contributed by atoms with Gasteiger partial charge in [-0.25, -0.2) is 4.79 Å². The topological polar surface area (TPSA) is 84.9 Å². The van der Waals surface area contributed by atoms with Gasteiger partial charge in [-0.1, -0.05) is 72.8 Å². The number of carboxylic acids is 1. The van der Waals surface area contributed by atoms with E-state index in [0.717, 1.165) is 64.2 Å². The molecule has 2 saturated heterocycles. The molecule has 3 N–H and O–H groups in total. The van der Waals surface area contributed by atoms with E-state index in [9.17, 15) is 18.0 Å². The molecule has 0 saturated carbocycles. The molecule has 0 radical (unpaired) electrons. The number of aliphatic carboxylic acids is 1. The third kappa shape index (κ3) is 11.1. The number of piperidine rings is 2. The second-order valence-corrected chi connectivity index (χ2v) is 11.4. The summed E-state index contributed by atoms with van der Waals surface area (Å²) >= 11 is 0. The number of halogens is 3. The molecule has 1 amide bonds. The van der Waals surface area contributed by atoms with Crippen LogP contribution in [0.5, 0.6) is 0 Å². The lowest BCUT2D eigenvalue weighted by Gasteiger charge is -2.32. The van der Waals surface area contributed by atoms with Crippen LogP contribution >= 0.6 is 0 Å². The second kappa shape index (κ2) is 16.4. The van der Waals surface area contributed by atoms with Crippen LogP contribution in [0.3, 0.4) is 0 Å². The molecule has 3 aromatic rings. The van der Waals surface area contributed by atoms with Crippen molar-refractivity contribution < 1.29 is 27.9 Å². The minimum absolute atomic E-state index is 0.0480. The summed E-state index contributed by atoms with van der Waals surface area (Å²) in [6.45, 7) is 7.21. The number of benzene rings is 3. The van der Waals surface area contributed by atoms with Gasteiger partial charge in [-0.05, 0) is 67.6 Å². The zero-order chi connectivity index (χ0) is 31.4. The number of likely N-dealkylation sites (tertiary alicyclic amines) is 2. The van der Waals surface area contributed by atoms with Crippen molar-refractivity contribution >= 4 is 11.9 Å². The Labute approximate surface area is 257 Å². The summed E-state index contributed by atoms with van der Waals surface area (Å²) in [5, 5.41) is 14.1. The first-order valence-electron chi connectivity index (χ1n) is 15.1. The van der Waals surface area contributed by atoms with Crippen molar-refractivity contribution in [3.8, 4) is 0 Å². The van der Waals surface area contributed by atoms with Crippen molar-refractivity contribution in [1.82, 2.24) is 20.4 Å². The maximum atomic E-state index is 12.8. The van der Waals surface area contributed by atoms with Gasteiger partial charge in [0.25, 0.3) is 5.91 Å². The number of carbonyl (C=O) groups is 2. The highest BCUT2D eigenvalue weighted by Gasteiger charge is 2.38. The molecule has 0 aromatic heterocycles. The van der Waals surface area contributed by atoms with Gasteiger partial charge in [0, 0.05) is 50.4 Å². The summed E-state index contributed by atoms with van der Waals surface area (Å²) in [4.78, 5) is 26.7. The van der Waals surface area contributed by atoms with Crippen LogP contribution in [-0.4, -0.2) is 71.2 Å². The van der Waals surface area contributed by atoms with Crippen molar-refractivity contribution in [3.63, 3.8) is 0 Å². The third-order valence-corrected chi connectivity index (χ3v) is 8.06. The molecule has 44 heavy (non-hydrogen) atoms. The summed E-state index contributed by atoms with van der Waals surface area (Å²) in [6, 6.07) is 30.3. The zero-order valence-electron chi connectivity index (χ0n) is 24.8. The van der Waals surface area contributed by atoms with Crippen LogP contribution in [-0.2, 0) is 24.4 Å². The lowest BCUT2D eigenvalue weighted by Crippen LogP contribution is -2.44. The number of rotatable bonds is 9. The summed E-state index contributed by atoms with van der Waals surface area (Å²) in [5.74, 6) is -2.71. The van der Waals surface area contributed by atoms with E-state index in [2.05, 4.69) is 93.2 Å². The number of nitrogens with zero attached hydrogens (tertiary/aromatic N) is 2. The molecule has 10 heteroatoms. The monoisotopic (exact) mass is 610 g/mol. The Balaban J connectivity index is 0.000000566. The molecule has 236 valence electrons. The quantitative estimate of drug-likeness (QED) is 0.298. The van der Waals surface area contributed by atoms with Gasteiger partial charge in [0.1, 0.15) is 0 Å². The fourth-order valence-corrected chi connectivity index (χ4v) is 5.52. The molecule has 0 atom stereocenters. The van der Waals surface area contributed by atoms with Crippen molar-refractivity contribution in [1.29, 1.82) is 0 Å². The van der Waals surface area contributed by atoms with Crippen LogP contribution < -0.4 is 10.6 Å². The molecule has 0 unspecified atom stereocenters. The lowest BCUT2D eigenvalue weighted by molar-refractivity contribution is -0.192. The van der Waals surface area contributed by atoms with Crippen LogP contribution in [0.2, 0.25) is 0 Å². The Kier molecular flexibility index (Phi) is 12.3. The van der Waals surface area contributed by atoms with Gasteiger partial charge in [-0.15, -0.1) is 0 Å². The highest BCUT2D eigenvalue weighted by molar-refractivity contribution is 5.94. The molecule has 2 fully saturated rings. The molecule has 2 aliphatic heterocycles. The standard InChI is InChI=1S/C32H40N4O.C2HF3O2/c37-32(34-31-17-21-36(22-18-31)25-28-9-5-2-6-10-28)29-13-11-26(12-14-29)23-33-30-15-19-35(20-16-30)24-27-7-3-1-4-8-27;3-2(4,5)1(6)7/h1-14,30-31,33H,15-25H2,(H,34,37);(H,6,7). The first-order valence-corrected chi connectivity index (χ1v) is 15.1. The van der Waals surface area contributed by atoms with Gasteiger partial charge in [0.15, 0.2) is 0 Å². The lowest BCUT2D eigenvalue weighted by atomic mass is 10.0. The molecule has 2 aliphatic rings. The van der Waals surface area contributed by atoms with E-state index < -0.39 is 12.1 Å². The summed E-state index contributed by atoms with van der Waals surface area (Å²) < 4.78 is 31.7. The fraction of sp³-hybridized carbons (Fsp3) is 0.412. The van der Waals surface area contributed by atoms with Crippen LogP contribution in [0.15, 0.2) is 84.9 Å². The average molecular weight is 611 g/mol. The van der Waals surface area contributed by atoms with Crippen molar-refractivity contribution in [2.75, 3.05) is 26.2 Å². The summed E-state index contributed by atoms with van der Waals surface area (Å²) in [5.41, 5.74) is 4.74. The molecule has 0 spiro atoms. The predicted octanol–water partition coefficient (Wildman–Crippen LogP) is 5.47. The molecule has 0 bridgehead atoms. The van der Waals surface area contributed by atoms with Gasteiger partial charge < -0.3 is 15.7 Å². The molecule has 2 heterocycles. The summed E-state index contributed by atoms with van der Waals surface area (Å²) in [6.07, 6.45) is -0.718. The summed E-state index contributed by atoms with van der Waals surface area (Å²) in [7, 11) is 0. The molecule has 7 nitrogen and oxygen atoms in total. The van der Waals surface area contributed by atoms with Crippen LogP contribution in [0.25, 0.3) is 0 Å². The SMILES string of the molecule is O=C(NC1CCN(Cc2ccccc2)CC1)c1ccc(CNC2CCN(Cc3ccccc3)CC2)cc1.O=C(O)C(F)(F)F. The molecular weight excluding hydrogens is 569 g/mol. The molecule has 3 aromatic carbocycles. The minimum atomic E-state index is -5.08. The third-order valence-electron chi connectivity index (χ3n) is 8.06. The number of nitrogens with one attached hydrogen (secondary N) is 2. The van der Waals surface area contributed by atoms with Crippen LogP contribution in [0, 0.1) is 0 Å². The first-order chi connectivity index (χ1) is 21.2. The minimum Gasteiger partial charge on any atom is -0.475 e. The molecule has 5 rings (SSSR count). The maximum absolute atomic E-state index is 12.8. The zero-order valence-corrected chi connectivity index (χ0v) is 24.8. The Hall–Kier alpha value is -3.73. The Morgan fingerprint density at radius 3 is 1.55 bits per heavy atom. The Bertz CT molecular complexity index is 1290. The van der Waals surface area contributed by atoms with E-state index in [-0.39, 0.29) is 11.9 Å². The van der Waals surface area contributed by atoms with E-state index in [1.54, 1.807) is 0 Å². The highest BCUT2D eigenvalue weighted by Crippen LogP contribution is 2.17. The van der Waals surface area contributed by atoms with E-state index in [1.807, 2.05) is 12.1 Å². The van der Waals surface area contributed by atoms with Crippen LogP contribution in [0.4, 0.5) is 13.2 Å². The van der Waals surface area contributed by atoms with Gasteiger partial charge in [-0.2, -0.15) is 13.2 Å². The largest absolute Gasteiger partial charge is 0.490 e. The van der Waals surface area contributed by atoms with Gasteiger partial charge in [0.2, 0.25) is 0 Å². The van der Waals surface area contributed by atoms with E-state index in [0.29, 0.717) is 6.04 Å². The number of hydrogen-bond donors (Lipinski definition) is 3. The van der Waals surface area contributed by atoms with E-state index in [4.69, 9.17) is 9.90 Å². The predicted molar refractivity (Wildman–Crippen MR) is 164 cm³/mol. The van der Waals surface area contributed by atoms with Crippen molar-refractivity contribution in [2.45, 2.75) is 63.6 Å². The number of carboxylic acid groups (broad SMARTS) is 1. The number of amides is 1. The smallest absolute Gasteiger partial charge is 0.475 e. The first kappa shape index (κ1) is 33.2. The maximum Gasteiger partial charge on any atom is 0.490 e. The van der Waals surface area contributed by atoms with Crippen molar-refractivity contribution in [2.24, 2.45) is 0 Å². The fourth-order valence-electron chi connectivity index (χ4n) is 5.52. The average Bonchev–Trinajstić information content (AvgIpc) is 3.03. The highest BCUT2D eigenvalue weighted by atomic mass is 19.4. The Morgan fingerprint density at radius 2 is 1.11 bits per heavy atom. The molecular formula is C34H41F3N4O3. The molecule has 0 aliphatic carbocycles. The van der Waals surface area contributed by atoms with Gasteiger partial charge in [0.05, 0.1) is 0 Å².